The van der Waals surface area contributed by atoms with E-state index in [4.69, 9.17) is 19.2 Å². The molecule has 7 heteroatoms. The number of methoxy groups -OCH3 is 1. The summed E-state index contributed by atoms with van der Waals surface area (Å²) in [6.07, 6.45) is 0.910. The minimum absolute atomic E-state index is 0.0159. The topological polar surface area (TPSA) is 94.4 Å². The molecule has 2 aliphatic rings. The standard InChI is InChI=1S/C32H31NO6/c1-20-29(32(36)39-17-16-38-26-6-4-3-5-7-26)30(22-8-12-24(34)13-9-22)31-27(33-20)18-23(19-28(31)35)21-10-14-25(37-2)15-11-21/h3-15,23,29-30,34H,16-19H2,1-2H3/t23-,29?,30+/m1/s1. The minimum atomic E-state index is -0.758. The zero-order chi connectivity index (χ0) is 27.4. The number of ether oxygens (including phenoxy) is 3. The Balaban J connectivity index is 1.40. The fraction of sp³-hybridized carbons (Fsp3) is 0.281. The van der Waals surface area contributed by atoms with Crippen molar-refractivity contribution >= 4 is 17.5 Å². The predicted octanol–water partition coefficient (Wildman–Crippen LogP) is 5.60. The number of phenolic OH excluding ortho intramolecular Hbond substituents is 1. The van der Waals surface area contributed by atoms with Crippen molar-refractivity contribution in [2.24, 2.45) is 10.9 Å². The molecule has 0 saturated carbocycles. The molecule has 0 spiro atoms. The van der Waals surface area contributed by atoms with Gasteiger partial charge in [-0.15, -0.1) is 0 Å². The van der Waals surface area contributed by atoms with Crippen LogP contribution >= 0.6 is 0 Å². The first-order chi connectivity index (χ1) is 18.9. The van der Waals surface area contributed by atoms with Crippen LogP contribution in [-0.4, -0.2) is 42.9 Å². The summed E-state index contributed by atoms with van der Waals surface area (Å²) in [5, 5.41) is 9.88. The van der Waals surface area contributed by atoms with Crippen LogP contribution in [0.25, 0.3) is 0 Å². The molecule has 200 valence electrons. The molecule has 0 saturated heterocycles. The molecule has 1 N–H and O–H groups in total. The predicted molar refractivity (Wildman–Crippen MR) is 147 cm³/mol. The van der Waals surface area contributed by atoms with Crippen LogP contribution in [0.5, 0.6) is 17.2 Å². The Hall–Kier alpha value is -4.39. The van der Waals surface area contributed by atoms with E-state index in [9.17, 15) is 14.7 Å². The largest absolute Gasteiger partial charge is 0.508 e. The number of hydrogen-bond donors (Lipinski definition) is 1. The zero-order valence-corrected chi connectivity index (χ0v) is 22.0. The maximum atomic E-state index is 13.7. The molecule has 1 aliphatic heterocycles. The Kier molecular flexibility index (Phi) is 7.77. The first-order valence-corrected chi connectivity index (χ1v) is 13.0. The molecule has 0 radical (unpaired) electrons. The molecule has 1 heterocycles. The van der Waals surface area contributed by atoms with Crippen molar-refractivity contribution in [1.29, 1.82) is 0 Å². The van der Waals surface area contributed by atoms with Crippen LogP contribution < -0.4 is 9.47 Å². The number of phenols is 1. The lowest BCUT2D eigenvalue weighted by molar-refractivity contribution is -0.147. The number of nitrogens with zero attached hydrogens (tertiary/aromatic N) is 1. The molecule has 5 rings (SSSR count). The summed E-state index contributed by atoms with van der Waals surface area (Å²) in [4.78, 5) is 32.0. The van der Waals surface area contributed by atoms with Gasteiger partial charge >= 0.3 is 5.97 Å². The highest BCUT2D eigenvalue weighted by molar-refractivity contribution is 6.09. The number of benzene rings is 3. The summed E-state index contributed by atoms with van der Waals surface area (Å²) in [5.74, 6) is -0.246. The van der Waals surface area contributed by atoms with E-state index in [1.54, 1.807) is 31.4 Å². The third-order valence-electron chi connectivity index (χ3n) is 7.32. The van der Waals surface area contributed by atoms with E-state index in [-0.39, 0.29) is 30.7 Å². The average molecular weight is 526 g/mol. The molecular formula is C32H31NO6. The van der Waals surface area contributed by atoms with Crippen LogP contribution in [0.2, 0.25) is 0 Å². The summed E-state index contributed by atoms with van der Waals surface area (Å²) in [6, 6.07) is 23.7. The number of carbonyl (C=O) groups excluding carboxylic acids is 2. The lowest BCUT2D eigenvalue weighted by Crippen LogP contribution is -2.38. The number of Topliss-reactive ketones (excluding diaryl/α,β-unsaturated/α-hetero) is 1. The number of allylic oxidation sites excluding steroid dienone is 2. The second-order valence-electron chi connectivity index (χ2n) is 9.79. The summed E-state index contributed by atoms with van der Waals surface area (Å²) >= 11 is 0. The third-order valence-corrected chi connectivity index (χ3v) is 7.32. The van der Waals surface area contributed by atoms with E-state index in [1.807, 2.05) is 61.5 Å². The highest BCUT2D eigenvalue weighted by atomic mass is 16.6. The van der Waals surface area contributed by atoms with Gasteiger partial charge in [0.15, 0.2) is 5.78 Å². The van der Waals surface area contributed by atoms with Gasteiger partial charge in [-0.1, -0.05) is 42.5 Å². The van der Waals surface area contributed by atoms with E-state index in [0.29, 0.717) is 35.6 Å². The van der Waals surface area contributed by atoms with Crippen LogP contribution in [0.1, 0.15) is 42.7 Å². The van der Waals surface area contributed by atoms with E-state index in [1.165, 1.54) is 0 Å². The van der Waals surface area contributed by atoms with Gasteiger partial charge in [-0.25, -0.2) is 0 Å². The van der Waals surface area contributed by atoms with Crippen molar-refractivity contribution in [3.05, 3.63) is 101 Å². The van der Waals surface area contributed by atoms with Crippen molar-refractivity contribution in [2.75, 3.05) is 20.3 Å². The lowest BCUT2D eigenvalue weighted by Gasteiger charge is -2.36. The Morgan fingerprint density at radius 2 is 1.59 bits per heavy atom. The second kappa shape index (κ2) is 11.6. The Labute approximate surface area is 227 Å². The molecular weight excluding hydrogens is 494 g/mol. The molecule has 0 aromatic heterocycles. The highest BCUT2D eigenvalue weighted by Crippen LogP contribution is 2.47. The summed E-state index contributed by atoms with van der Waals surface area (Å²) < 4.78 is 16.6. The normalized spacial score (nSPS) is 20.6. The maximum absolute atomic E-state index is 13.7. The molecule has 0 fully saturated rings. The van der Waals surface area contributed by atoms with Gasteiger partial charge in [0.1, 0.15) is 36.4 Å². The van der Waals surface area contributed by atoms with Crippen molar-refractivity contribution in [2.45, 2.75) is 31.6 Å². The number of aromatic hydroxyl groups is 1. The molecule has 3 aromatic carbocycles. The molecule has 0 bridgehead atoms. The lowest BCUT2D eigenvalue weighted by atomic mass is 9.69. The van der Waals surface area contributed by atoms with Crippen molar-refractivity contribution in [3.63, 3.8) is 0 Å². The Morgan fingerprint density at radius 1 is 0.897 bits per heavy atom. The van der Waals surface area contributed by atoms with Gasteiger partial charge in [-0.3, -0.25) is 14.6 Å². The monoisotopic (exact) mass is 525 g/mol. The summed E-state index contributed by atoms with van der Waals surface area (Å²) in [7, 11) is 1.62. The van der Waals surface area contributed by atoms with E-state index in [0.717, 1.165) is 16.9 Å². The van der Waals surface area contributed by atoms with E-state index in [2.05, 4.69) is 0 Å². The molecule has 1 aliphatic carbocycles. The van der Waals surface area contributed by atoms with Gasteiger partial charge in [-0.2, -0.15) is 0 Å². The fourth-order valence-electron chi connectivity index (χ4n) is 5.43. The smallest absolute Gasteiger partial charge is 0.315 e. The quantitative estimate of drug-likeness (QED) is 0.304. The maximum Gasteiger partial charge on any atom is 0.315 e. The van der Waals surface area contributed by atoms with Gasteiger partial charge in [0.25, 0.3) is 0 Å². The minimum Gasteiger partial charge on any atom is -0.508 e. The molecule has 39 heavy (non-hydrogen) atoms. The SMILES string of the molecule is COc1ccc([C@H]2CC(=O)C3=C(C2)N=C(C)C(C(=O)OCCOc2ccccc2)[C@@H]3c2ccc(O)cc2)cc1. The molecule has 7 nitrogen and oxygen atoms in total. The van der Waals surface area contributed by atoms with Crippen LogP contribution in [0, 0.1) is 5.92 Å². The number of hydrogen-bond acceptors (Lipinski definition) is 7. The van der Waals surface area contributed by atoms with Gasteiger partial charge in [0.2, 0.25) is 0 Å². The van der Waals surface area contributed by atoms with Crippen molar-refractivity contribution < 1.29 is 28.9 Å². The highest BCUT2D eigenvalue weighted by Gasteiger charge is 2.44. The number of aliphatic imine (C=N–C) groups is 1. The molecule has 0 amide bonds. The van der Waals surface area contributed by atoms with Crippen LogP contribution in [-0.2, 0) is 14.3 Å². The number of rotatable bonds is 8. The summed E-state index contributed by atoms with van der Waals surface area (Å²) in [6.45, 7) is 2.09. The fourth-order valence-corrected chi connectivity index (χ4v) is 5.43. The van der Waals surface area contributed by atoms with Crippen LogP contribution in [0.4, 0.5) is 0 Å². The number of para-hydroxylation sites is 1. The van der Waals surface area contributed by atoms with E-state index >= 15 is 0 Å². The third kappa shape index (κ3) is 5.72. The van der Waals surface area contributed by atoms with Crippen LogP contribution in [0.15, 0.2) is 95.1 Å². The van der Waals surface area contributed by atoms with Crippen LogP contribution in [0.3, 0.4) is 0 Å². The number of carbonyl (C=O) groups is 2. The number of esters is 1. The van der Waals surface area contributed by atoms with Gasteiger partial charge in [0, 0.05) is 29.3 Å². The first kappa shape index (κ1) is 26.2. The summed E-state index contributed by atoms with van der Waals surface area (Å²) in [5.41, 5.74) is 3.67. The zero-order valence-electron chi connectivity index (χ0n) is 22.0. The van der Waals surface area contributed by atoms with E-state index < -0.39 is 17.8 Å². The van der Waals surface area contributed by atoms with Gasteiger partial charge < -0.3 is 19.3 Å². The van der Waals surface area contributed by atoms with Gasteiger partial charge in [-0.05, 0) is 66.8 Å². The molecule has 3 aromatic rings. The Bertz CT molecular complexity index is 1390. The number of ketones is 1. The van der Waals surface area contributed by atoms with Crippen molar-refractivity contribution in [3.8, 4) is 17.2 Å². The molecule has 1 unspecified atom stereocenters. The van der Waals surface area contributed by atoms with Crippen molar-refractivity contribution in [1.82, 2.24) is 0 Å². The second-order valence-corrected chi connectivity index (χ2v) is 9.79. The average Bonchev–Trinajstić information content (AvgIpc) is 2.95. The first-order valence-electron chi connectivity index (χ1n) is 13.0. The molecule has 3 atom stereocenters. The van der Waals surface area contributed by atoms with Gasteiger partial charge in [0.05, 0.1) is 7.11 Å². The Morgan fingerprint density at radius 3 is 2.28 bits per heavy atom.